The minimum Gasteiger partial charge on any atom is -0.330 e. The van der Waals surface area contributed by atoms with Gasteiger partial charge in [-0.05, 0) is 26.0 Å². The van der Waals surface area contributed by atoms with Crippen LogP contribution in [0.2, 0.25) is 0 Å². The number of rotatable bonds is 4. The van der Waals surface area contributed by atoms with E-state index in [4.69, 9.17) is 5.73 Å². The van der Waals surface area contributed by atoms with Gasteiger partial charge in [0.1, 0.15) is 5.69 Å². The summed E-state index contributed by atoms with van der Waals surface area (Å²) in [5, 5.41) is 13.6. The third-order valence-corrected chi connectivity index (χ3v) is 2.97. The Morgan fingerprint density at radius 2 is 2.11 bits per heavy atom. The van der Waals surface area contributed by atoms with Crippen LogP contribution in [0.15, 0.2) is 29.1 Å². The van der Waals surface area contributed by atoms with Crippen molar-refractivity contribution >= 4 is 5.69 Å². The minimum atomic E-state index is -0.476. The summed E-state index contributed by atoms with van der Waals surface area (Å²) in [5.74, 6) is 0. The molecule has 0 amide bonds. The first-order valence-corrected chi connectivity index (χ1v) is 5.80. The van der Waals surface area contributed by atoms with E-state index in [1.165, 1.54) is 10.7 Å². The average Bonchev–Trinajstić information content (AvgIpc) is 2.67. The molecule has 100 valence electrons. The molecule has 0 bridgehead atoms. The first kappa shape index (κ1) is 13.0. The standard InChI is InChI=1S/C12H14N4O3/c1-8-9(6-7-13)12(17)14-15(8)10-4-2-3-5-11(10)16(18)19/h2-5H,6-7,13H2,1H3,(H,14,17). The first-order valence-electron chi connectivity index (χ1n) is 5.80. The van der Waals surface area contributed by atoms with Crippen LogP contribution in [0.4, 0.5) is 5.69 Å². The van der Waals surface area contributed by atoms with Crippen LogP contribution < -0.4 is 11.3 Å². The van der Waals surface area contributed by atoms with Gasteiger partial charge in [-0.15, -0.1) is 0 Å². The van der Waals surface area contributed by atoms with Crippen LogP contribution >= 0.6 is 0 Å². The van der Waals surface area contributed by atoms with Crippen LogP contribution in [0.25, 0.3) is 5.69 Å². The predicted octanol–water partition coefficient (Wildman–Crippen LogP) is 0.883. The molecule has 19 heavy (non-hydrogen) atoms. The summed E-state index contributed by atoms with van der Waals surface area (Å²) in [6.45, 7) is 2.09. The van der Waals surface area contributed by atoms with Crippen LogP contribution in [-0.4, -0.2) is 21.2 Å². The number of nitro benzene ring substituents is 1. The maximum atomic E-state index is 11.8. The number of para-hydroxylation sites is 2. The van der Waals surface area contributed by atoms with Gasteiger partial charge in [0, 0.05) is 17.3 Å². The van der Waals surface area contributed by atoms with Crippen LogP contribution in [0.1, 0.15) is 11.3 Å². The van der Waals surface area contributed by atoms with Crippen molar-refractivity contribution in [3.05, 3.63) is 56.0 Å². The minimum absolute atomic E-state index is 0.0591. The van der Waals surface area contributed by atoms with Crippen LogP contribution in [-0.2, 0) is 6.42 Å². The number of nitrogens with two attached hydrogens (primary N) is 1. The molecule has 0 aliphatic carbocycles. The summed E-state index contributed by atoms with van der Waals surface area (Å²) in [7, 11) is 0. The Morgan fingerprint density at radius 3 is 2.74 bits per heavy atom. The maximum Gasteiger partial charge on any atom is 0.294 e. The van der Waals surface area contributed by atoms with Gasteiger partial charge in [0.15, 0.2) is 0 Å². The lowest BCUT2D eigenvalue weighted by atomic mass is 10.2. The van der Waals surface area contributed by atoms with E-state index in [1.54, 1.807) is 25.1 Å². The Balaban J connectivity index is 2.64. The molecule has 7 heteroatoms. The van der Waals surface area contributed by atoms with E-state index < -0.39 is 4.92 Å². The molecule has 0 spiro atoms. The highest BCUT2D eigenvalue weighted by Gasteiger charge is 2.18. The first-order chi connectivity index (χ1) is 9.06. The zero-order chi connectivity index (χ0) is 14.0. The second-order valence-corrected chi connectivity index (χ2v) is 4.12. The lowest BCUT2D eigenvalue weighted by molar-refractivity contribution is -0.384. The maximum absolute atomic E-state index is 11.8. The molecule has 2 rings (SSSR count). The largest absolute Gasteiger partial charge is 0.330 e. The van der Waals surface area contributed by atoms with Gasteiger partial charge in [-0.1, -0.05) is 12.1 Å². The van der Waals surface area contributed by atoms with Gasteiger partial charge in [0.25, 0.3) is 11.2 Å². The van der Waals surface area contributed by atoms with Gasteiger partial charge in [-0.3, -0.25) is 24.7 Å². The number of nitro groups is 1. The second-order valence-electron chi connectivity index (χ2n) is 4.12. The highest BCUT2D eigenvalue weighted by molar-refractivity contribution is 5.52. The number of aromatic amines is 1. The molecular formula is C12H14N4O3. The van der Waals surface area contributed by atoms with E-state index in [0.29, 0.717) is 29.9 Å². The predicted molar refractivity (Wildman–Crippen MR) is 70.5 cm³/mol. The van der Waals surface area contributed by atoms with Crippen molar-refractivity contribution in [1.82, 2.24) is 9.78 Å². The molecule has 0 saturated heterocycles. The van der Waals surface area contributed by atoms with Crippen molar-refractivity contribution < 1.29 is 4.92 Å². The van der Waals surface area contributed by atoms with Crippen LogP contribution in [0.5, 0.6) is 0 Å². The highest BCUT2D eigenvalue weighted by Crippen LogP contribution is 2.22. The zero-order valence-corrected chi connectivity index (χ0v) is 10.4. The number of nitrogens with one attached hydrogen (secondary N) is 1. The number of hydrogen-bond acceptors (Lipinski definition) is 4. The Morgan fingerprint density at radius 1 is 1.42 bits per heavy atom. The quantitative estimate of drug-likeness (QED) is 0.630. The van der Waals surface area contributed by atoms with Crippen molar-refractivity contribution in [1.29, 1.82) is 0 Å². The summed E-state index contributed by atoms with van der Waals surface area (Å²) >= 11 is 0. The van der Waals surface area contributed by atoms with Gasteiger partial charge >= 0.3 is 0 Å². The molecular weight excluding hydrogens is 248 g/mol. The number of aromatic nitrogens is 2. The summed E-state index contributed by atoms with van der Waals surface area (Å²) < 4.78 is 1.44. The number of hydrogen-bond donors (Lipinski definition) is 2. The highest BCUT2D eigenvalue weighted by atomic mass is 16.6. The number of nitrogens with zero attached hydrogens (tertiary/aromatic N) is 2. The van der Waals surface area contributed by atoms with Gasteiger partial charge in [-0.25, -0.2) is 0 Å². The SMILES string of the molecule is Cc1c(CCN)c(=O)[nH]n1-c1ccccc1[N+](=O)[O-]. The fraction of sp³-hybridized carbons (Fsp3) is 0.250. The van der Waals surface area contributed by atoms with E-state index in [2.05, 4.69) is 5.10 Å². The molecule has 0 aliphatic rings. The van der Waals surface area contributed by atoms with Crippen molar-refractivity contribution in [3.8, 4) is 5.69 Å². The molecule has 2 aromatic rings. The van der Waals surface area contributed by atoms with Crippen molar-refractivity contribution in [2.75, 3.05) is 6.54 Å². The molecule has 0 saturated carbocycles. The van der Waals surface area contributed by atoms with E-state index in [9.17, 15) is 14.9 Å². The Kier molecular flexibility index (Phi) is 3.48. The second kappa shape index (κ2) is 5.07. The topological polar surface area (TPSA) is 107 Å². The van der Waals surface area contributed by atoms with Crippen molar-refractivity contribution in [2.45, 2.75) is 13.3 Å². The monoisotopic (exact) mass is 262 g/mol. The molecule has 0 radical (unpaired) electrons. The fourth-order valence-electron chi connectivity index (χ4n) is 2.04. The zero-order valence-electron chi connectivity index (χ0n) is 10.4. The molecule has 0 atom stereocenters. The van der Waals surface area contributed by atoms with Crippen molar-refractivity contribution in [2.24, 2.45) is 5.73 Å². The normalized spacial score (nSPS) is 10.6. The summed E-state index contributed by atoms with van der Waals surface area (Å²) in [6, 6.07) is 6.26. The molecule has 0 aliphatic heterocycles. The summed E-state index contributed by atoms with van der Waals surface area (Å²) in [6.07, 6.45) is 0.439. The third kappa shape index (κ3) is 2.27. The van der Waals surface area contributed by atoms with Gasteiger partial charge in [-0.2, -0.15) is 0 Å². The van der Waals surface area contributed by atoms with E-state index in [1.807, 2.05) is 0 Å². The van der Waals surface area contributed by atoms with Crippen LogP contribution in [0, 0.1) is 17.0 Å². The lowest BCUT2D eigenvalue weighted by Gasteiger charge is -2.06. The Hall–Kier alpha value is -2.41. The molecule has 1 aromatic heterocycles. The molecule has 0 fully saturated rings. The van der Waals surface area contributed by atoms with Gasteiger partial charge in [0.05, 0.1) is 4.92 Å². The van der Waals surface area contributed by atoms with E-state index >= 15 is 0 Å². The molecule has 3 N–H and O–H groups in total. The van der Waals surface area contributed by atoms with Crippen LogP contribution in [0.3, 0.4) is 0 Å². The van der Waals surface area contributed by atoms with Gasteiger partial charge in [0.2, 0.25) is 0 Å². The van der Waals surface area contributed by atoms with Gasteiger partial charge < -0.3 is 5.73 Å². The number of H-pyrrole nitrogens is 1. The lowest BCUT2D eigenvalue weighted by Crippen LogP contribution is -2.12. The molecule has 7 nitrogen and oxygen atoms in total. The molecule has 1 aromatic carbocycles. The average molecular weight is 262 g/mol. The smallest absolute Gasteiger partial charge is 0.294 e. The summed E-state index contributed by atoms with van der Waals surface area (Å²) in [4.78, 5) is 22.3. The summed E-state index contributed by atoms with van der Waals surface area (Å²) in [5.41, 5.74) is 6.67. The van der Waals surface area contributed by atoms with E-state index in [-0.39, 0.29) is 11.2 Å². The molecule has 1 heterocycles. The third-order valence-electron chi connectivity index (χ3n) is 2.97. The number of benzene rings is 1. The fourth-order valence-corrected chi connectivity index (χ4v) is 2.04. The van der Waals surface area contributed by atoms with E-state index in [0.717, 1.165) is 0 Å². The Bertz CT molecular complexity index is 672. The molecule has 0 unspecified atom stereocenters. The van der Waals surface area contributed by atoms with Crippen molar-refractivity contribution in [3.63, 3.8) is 0 Å². The Labute approximate surface area is 108 Å².